The summed E-state index contributed by atoms with van der Waals surface area (Å²) in [6.45, 7) is 4.01. The van der Waals surface area contributed by atoms with E-state index in [0.717, 1.165) is 6.42 Å². The van der Waals surface area contributed by atoms with Crippen molar-refractivity contribution >= 4 is 11.9 Å². The summed E-state index contributed by atoms with van der Waals surface area (Å²) >= 11 is 0. The van der Waals surface area contributed by atoms with Gasteiger partial charge in [0.05, 0.1) is 24.7 Å². The van der Waals surface area contributed by atoms with Crippen LogP contribution in [0.3, 0.4) is 0 Å². The normalized spacial score (nSPS) is 42.8. The van der Waals surface area contributed by atoms with Gasteiger partial charge in [0, 0.05) is 18.9 Å². The number of methoxy groups -OCH3 is 1. The summed E-state index contributed by atoms with van der Waals surface area (Å²) in [7, 11) is 1.35. The van der Waals surface area contributed by atoms with Crippen LogP contribution >= 0.6 is 0 Å². The van der Waals surface area contributed by atoms with Crippen molar-refractivity contribution in [2.45, 2.75) is 33.1 Å². The average Bonchev–Trinajstić information content (AvgIpc) is 2.94. The SMILES string of the molecule is COC(=O)[C@@]12CC[C@H](C)[C@](C)(CO)[C@@H]1CC(O)=C1C(=O)OC[C@H]12. The quantitative estimate of drug-likeness (QED) is 0.749. The first-order chi connectivity index (χ1) is 10.8. The molecule has 5 atom stereocenters. The Balaban J connectivity index is 2.20. The van der Waals surface area contributed by atoms with Crippen molar-refractivity contribution in [2.75, 3.05) is 20.3 Å². The number of hydrogen-bond donors (Lipinski definition) is 2. The highest BCUT2D eigenvalue weighted by Gasteiger charge is 2.66. The minimum atomic E-state index is -0.924. The van der Waals surface area contributed by atoms with Crippen LogP contribution in [-0.4, -0.2) is 42.5 Å². The second-order valence-corrected chi connectivity index (χ2v) is 7.40. The van der Waals surface area contributed by atoms with E-state index in [4.69, 9.17) is 9.47 Å². The Morgan fingerprint density at radius 1 is 1.48 bits per heavy atom. The monoisotopic (exact) mass is 324 g/mol. The molecule has 1 saturated carbocycles. The molecular formula is C17H24O6. The Hall–Kier alpha value is -1.56. The average molecular weight is 324 g/mol. The highest BCUT2D eigenvalue weighted by molar-refractivity contribution is 5.94. The number of aliphatic hydroxyl groups is 2. The maximum atomic E-state index is 12.8. The molecule has 1 heterocycles. The number of ether oxygens (including phenoxy) is 2. The molecule has 0 aromatic carbocycles. The molecule has 1 saturated heterocycles. The number of esters is 2. The van der Waals surface area contributed by atoms with Gasteiger partial charge in [0.2, 0.25) is 0 Å². The van der Waals surface area contributed by atoms with Gasteiger partial charge in [-0.15, -0.1) is 0 Å². The van der Waals surface area contributed by atoms with Gasteiger partial charge in [0.25, 0.3) is 0 Å². The Morgan fingerprint density at radius 3 is 2.78 bits per heavy atom. The molecule has 0 bridgehead atoms. The maximum absolute atomic E-state index is 12.8. The smallest absolute Gasteiger partial charge is 0.337 e. The van der Waals surface area contributed by atoms with Gasteiger partial charge in [-0.2, -0.15) is 0 Å². The molecule has 0 unspecified atom stereocenters. The first kappa shape index (κ1) is 16.3. The zero-order valence-corrected chi connectivity index (χ0v) is 13.8. The number of carbonyl (C=O) groups is 2. The van der Waals surface area contributed by atoms with Crippen molar-refractivity contribution in [3.8, 4) is 0 Å². The summed E-state index contributed by atoms with van der Waals surface area (Å²) in [6.07, 6.45) is 1.51. The maximum Gasteiger partial charge on any atom is 0.337 e. The third-order valence-electron chi connectivity index (χ3n) is 6.72. The van der Waals surface area contributed by atoms with E-state index in [9.17, 15) is 19.8 Å². The third kappa shape index (κ3) is 1.90. The second kappa shape index (κ2) is 5.23. The zero-order valence-electron chi connectivity index (χ0n) is 13.8. The van der Waals surface area contributed by atoms with Crippen LogP contribution in [0.15, 0.2) is 11.3 Å². The third-order valence-corrected chi connectivity index (χ3v) is 6.72. The number of allylic oxidation sites excluding steroid dienone is 1. The van der Waals surface area contributed by atoms with Gasteiger partial charge in [0.1, 0.15) is 5.76 Å². The topological polar surface area (TPSA) is 93.1 Å². The highest BCUT2D eigenvalue weighted by Crippen LogP contribution is 2.64. The summed E-state index contributed by atoms with van der Waals surface area (Å²) in [5.41, 5.74) is -1.23. The van der Waals surface area contributed by atoms with E-state index in [1.54, 1.807) is 0 Å². The van der Waals surface area contributed by atoms with E-state index < -0.39 is 22.7 Å². The molecule has 2 N–H and O–H groups in total. The van der Waals surface area contributed by atoms with Gasteiger partial charge in [-0.3, -0.25) is 4.79 Å². The lowest BCUT2D eigenvalue weighted by Crippen LogP contribution is -2.60. The summed E-state index contributed by atoms with van der Waals surface area (Å²) in [5.74, 6) is -1.52. The number of aliphatic hydroxyl groups excluding tert-OH is 2. The predicted octanol–water partition coefficient (Wildman–Crippen LogP) is 1.58. The molecule has 0 aromatic rings. The molecular weight excluding hydrogens is 300 g/mol. The van der Waals surface area contributed by atoms with Crippen molar-refractivity contribution < 1.29 is 29.3 Å². The summed E-state index contributed by atoms with van der Waals surface area (Å²) in [5, 5.41) is 20.5. The van der Waals surface area contributed by atoms with E-state index in [-0.39, 0.29) is 48.8 Å². The second-order valence-electron chi connectivity index (χ2n) is 7.40. The molecule has 0 spiro atoms. The van der Waals surface area contributed by atoms with Crippen molar-refractivity contribution in [1.82, 2.24) is 0 Å². The molecule has 6 nitrogen and oxygen atoms in total. The molecule has 23 heavy (non-hydrogen) atoms. The van der Waals surface area contributed by atoms with Gasteiger partial charge in [-0.1, -0.05) is 13.8 Å². The lowest BCUT2D eigenvalue weighted by atomic mass is 9.45. The fraction of sp³-hybridized carbons (Fsp3) is 0.765. The van der Waals surface area contributed by atoms with Crippen molar-refractivity contribution in [1.29, 1.82) is 0 Å². The molecule has 0 radical (unpaired) electrons. The van der Waals surface area contributed by atoms with Crippen LogP contribution < -0.4 is 0 Å². The van der Waals surface area contributed by atoms with Crippen LogP contribution in [0.1, 0.15) is 33.1 Å². The zero-order chi connectivity index (χ0) is 17.0. The standard InChI is InChI=1S/C17H24O6/c1-9-4-5-17(15(21)22-3)10-7-23-14(20)13(10)11(19)6-12(17)16(9,2)8-18/h9-10,12,18-19H,4-8H2,1-3H3/t9-,10+,12-,16-,17+/m0/s1. The van der Waals surface area contributed by atoms with Crippen LogP contribution in [0.25, 0.3) is 0 Å². The predicted molar refractivity (Wildman–Crippen MR) is 80.3 cm³/mol. The van der Waals surface area contributed by atoms with E-state index in [1.165, 1.54) is 7.11 Å². The van der Waals surface area contributed by atoms with Gasteiger partial charge >= 0.3 is 11.9 Å². The van der Waals surface area contributed by atoms with E-state index in [1.807, 2.05) is 6.92 Å². The molecule has 128 valence electrons. The molecule has 1 aliphatic heterocycles. The number of cyclic esters (lactones) is 1. The molecule has 2 aliphatic carbocycles. The first-order valence-electron chi connectivity index (χ1n) is 8.11. The Labute approximate surface area is 135 Å². The number of carbonyl (C=O) groups excluding carboxylic acids is 2. The van der Waals surface area contributed by atoms with Crippen LogP contribution in [0.4, 0.5) is 0 Å². The molecule has 6 heteroatoms. The minimum Gasteiger partial charge on any atom is -0.512 e. The molecule has 0 amide bonds. The fourth-order valence-corrected chi connectivity index (χ4v) is 5.06. The Bertz CT molecular complexity index is 582. The summed E-state index contributed by atoms with van der Waals surface area (Å²) in [6, 6.07) is 0. The Morgan fingerprint density at radius 2 is 2.17 bits per heavy atom. The molecule has 3 rings (SSSR count). The molecule has 0 aromatic heterocycles. The van der Waals surface area contributed by atoms with Crippen LogP contribution in [-0.2, 0) is 19.1 Å². The van der Waals surface area contributed by atoms with E-state index in [2.05, 4.69) is 6.92 Å². The van der Waals surface area contributed by atoms with E-state index in [0.29, 0.717) is 6.42 Å². The van der Waals surface area contributed by atoms with Crippen LogP contribution in [0.5, 0.6) is 0 Å². The van der Waals surface area contributed by atoms with Gasteiger partial charge in [-0.25, -0.2) is 4.79 Å². The first-order valence-corrected chi connectivity index (χ1v) is 8.11. The Kier molecular flexibility index (Phi) is 3.71. The fourth-order valence-electron chi connectivity index (χ4n) is 5.06. The van der Waals surface area contributed by atoms with E-state index >= 15 is 0 Å². The minimum absolute atomic E-state index is 0.00389. The molecule has 2 fully saturated rings. The van der Waals surface area contributed by atoms with Crippen LogP contribution in [0.2, 0.25) is 0 Å². The summed E-state index contributed by atoms with van der Waals surface area (Å²) < 4.78 is 10.3. The number of rotatable bonds is 2. The van der Waals surface area contributed by atoms with Crippen molar-refractivity contribution in [3.63, 3.8) is 0 Å². The number of fused-ring (bicyclic) bond motifs is 3. The van der Waals surface area contributed by atoms with Crippen LogP contribution in [0, 0.1) is 28.6 Å². The van der Waals surface area contributed by atoms with Gasteiger partial charge in [-0.05, 0) is 30.1 Å². The largest absolute Gasteiger partial charge is 0.512 e. The van der Waals surface area contributed by atoms with Gasteiger partial charge in [0.15, 0.2) is 0 Å². The van der Waals surface area contributed by atoms with Crippen molar-refractivity contribution in [2.24, 2.45) is 28.6 Å². The lowest BCUT2D eigenvalue weighted by Gasteiger charge is -2.57. The number of hydrogen-bond acceptors (Lipinski definition) is 6. The lowest BCUT2D eigenvalue weighted by molar-refractivity contribution is -0.182. The summed E-state index contributed by atoms with van der Waals surface area (Å²) in [4.78, 5) is 24.8. The van der Waals surface area contributed by atoms with Crippen molar-refractivity contribution in [3.05, 3.63) is 11.3 Å². The highest BCUT2D eigenvalue weighted by atomic mass is 16.5. The molecule has 3 aliphatic rings. The van der Waals surface area contributed by atoms with Gasteiger partial charge < -0.3 is 19.7 Å².